The lowest BCUT2D eigenvalue weighted by molar-refractivity contribution is -0.0637. The van der Waals surface area contributed by atoms with E-state index in [0.717, 1.165) is 12.5 Å². The van der Waals surface area contributed by atoms with E-state index < -0.39 is 15.1 Å². The molecule has 0 aromatic heterocycles. The third kappa shape index (κ3) is 3.89. The zero-order valence-corrected chi connectivity index (χ0v) is 10.4. The van der Waals surface area contributed by atoms with Gasteiger partial charge in [-0.05, 0) is 6.08 Å². The Hall–Kier alpha value is -0.203. The second-order valence-corrected chi connectivity index (χ2v) is 5.72. The van der Waals surface area contributed by atoms with E-state index in [9.17, 15) is 0 Å². The average molecular weight is 220 g/mol. The van der Waals surface area contributed by atoms with Gasteiger partial charge in [0.05, 0.1) is 0 Å². The molecule has 0 bridgehead atoms. The largest absolute Gasteiger partial charge is 0.502 e. The molecule has 1 atom stereocenters. The first-order chi connectivity index (χ1) is 6.67. The lowest BCUT2D eigenvalue weighted by Crippen LogP contribution is -2.46. The highest BCUT2D eigenvalue weighted by atomic mass is 28.4. The Balaban J connectivity index is 4.38. The number of methoxy groups -OCH3 is 1. The topological polar surface area (TPSA) is 36.9 Å². The summed E-state index contributed by atoms with van der Waals surface area (Å²) >= 11 is 0. The fourth-order valence-corrected chi connectivity index (χ4v) is 3.16. The third-order valence-electron chi connectivity index (χ3n) is 1.90. The van der Waals surface area contributed by atoms with Gasteiger partial charge in [-0.1, -0.05) is 19.9 Å². The van der Waals surface area contributed by atoms with E-state index in [2.05, 4.69) is 13.5 Å². The van der Waals surface area contributed by atoms with Crippen molar-refractivity contribution in [3.05, 3.63) is 12.7 Å². The van der Waals surface area contributed by atoms with Gasteiger partial charge in [-0.2, -0.15) is 0 Å². The van der Waals surface area contributed by atoms with Crippen LogP contribution in [0.4, 0.5) is 0 Å². The first-order valence-electron chi connectivity index (χ1n) is 4.61. The van der Waals surface area contributed by atoms with Crippen LogP contribution in [0.5, 0.6) is 0 Å². The molecule has 0 aromatic carbocycles. The molecule has 0 aliphatic rings. The minimum absolute atomic E-state index is 0.465. The maximum absolute atomic E-state index is 5.63. The van der Waals surface area contributed by atoms with Crippen molar-refractivity contribution < 1.29 is 18.0 Å². The van der Waals surface area contributed by atoms with Gasteiger partial charge in [-0.3, -0.25) is 0 Å². The molecule has 84 valence electrons. The molecule has 4 nitrogen and oxygen atoms in total. The zero-order chi connectivity index (χ0) is 11.0. The van der Waals surface area contributed by atoms with E-state index in [4.69, 9.17) is 18.0 Å². The number of hydrogen-bond acceptors (Lipinski definition) is 4. The normalized spacial score (nSPS) is 14.0. The van der Waals surface area contributed by atoms with Gasteiger partial charge in [-0.25, -0.2) is 0 Å². The highest BCUT2D eigenvalue weighted by Crippen LogP contribution is 2.18. The molecule has 0 heterocycles. The molecule has 14 heavy (non-hydrogen) atoms. The van der Waals surface area contributed by atoms with E-state index in [1.54, 1.807) is 27.4 Å². The highest BCUT2D eigenvalue weighted by molar-refractivity contribution is 6.60. The van der Waals surface area contributed by atoms with Crippen molar-refractivity contribution in [2.75, 3.05) is 21.3 Å². The quantitative estimate of drug-likeness (QED) is 0.355. The summed E-state index contributed by atoms with van der Waals surface area (Å²) in [6.45, 7) is 5.66. The van der Waals surface area contributed by atoms with Crippen molar-refractivity contribution >= 4 is 8.80 Å². The van der Waals surface area contributed by atoms with Crippen LogP contribution in [0.2, 0.25) is 6.04 Å². The van der Waals surface area contributed by atoms with Gasteiger partial charge in [-0.15, -0.1) is 0 Å². The summed E-state index contributed by atoms with van der Waals surface area (Å²) in [5.74, 6) is 0. The highest BCUT2D eigenvalue weighted by Gasteiger charge is 2.40. The van der Waals surface area contributed by atoms with Crippen LogP contribution in [0.15, 0.2) is 12.7 Å². The Morgan fingerprint density at radius 1 is 1.29 bits per heavy atom. The predicted molar refractivity (Wildman–Crippen MR) is 56.9 cm³/mol. The maximum atomic E-state index is 5.63. The summed E-state index contributed by atoms with van der Waals surface area (Å²) in [5.41, 5.74) is 0. The third-order valence-corrected chi connectivity index (χ3v) is 4.85. The molecule has 1 unspecified atom stereocenters. The van der Waals surface area contributed by atoms with Gasteiger partial charge in [0.15, 0.2) is 6.29 Å². The van der Waals surface area contributed by atoms with Crippen molar-refractivity contribution in [3.63, 3.8) is 0 Å². The summed E-state index contributed by atoms with van der Waals surface area (Å²) in [6, 6.07) is 0.772. The summed E-state index contributed by atoms with van der Waals surface area (Å²) in [7, 11) is 2.21. The van der Waals surface area contributed by atoms with Gasteiger partial charge in [0.1, 0.15) is 0 Å². The second kappa shape index (κ2) is 7.14. The Morgan fingerprint density at radius 2 is 1.86 bits per heavy atom. The molecular weight excluding hydrogens is 200 g/mol. The van der Waals surface area contributed by atoms with Gasteiger partial charge >= 0.3 is 8.80 Å². The van der Waals surface area contributed by atoms with Crippen molar-refractivity contribution in [3.8, 4) is 0 Å². The van der Waals surface area contributed by atoms with Crippen LogP contribution >= 0.6 is 0 Å². The first kappa shape index (κ1) is 13.8. The molecule has 0 N–H and O–H groups in total. The zero-order valence-electron chi connectivity index (χ0n) is 9.41. The summed E-state index contributed by atoms with van der Waals surface area (Å²) in [6.07, 6.45) is 2.06. The molecule has 0 saturated carbocycles. The average Bonchev–Trinajstić information content (AvgIpc) is 2.24. The molecular formula is C9H20O4Si. The molecule has 0 aliphatic heterocycles. The van der Waals surface area contributed by atoms with E-state index in [1.807, 2.05) is 0 Å². The van der Waals surface area contributed by atoms with Crippen LogP contribution in [-0.2, 0) is 18.0 Å². The molecule has 0 radical (unpaired) electrons. The van der Waals surface area contributed by atoms with Crippen LogP contribution in [0.25, 0.3) is 0 Å². The molecule has 0 fully saturated rings. The van der Waals surface area contributed by atoms with Crippen molar-refractivity contribution in [1.82, 2.24) is 0 Å². The number of rotatable bonds is 8. The Morgan fingerprint density at radius 3 is 2.14 bits per heavy atom. The fourth-order valence-electron chi connectivity index (χ4n) is 1.12. The number of ether oxygens (including phenoxy) is 1. The van der Waals surface area contributed by atoms with Crippen molar-refractivity contribution in [1.29, 1.82) is 0 Å². The Bertz CT molecular complexity index is 159. The van der Waals surface area contributed by atoms with E-state index in [-0.39, 0.29) is 0 Å². The lowest BCUT2D eigenvalue weighted by atomic mass is 10.6. The lowest BCUT2D eigenvalue weighted by Gasteiger charge is -2.28. The molecule has 0 aromatic rings. The van der Waals surface area contributed by atoms with Crippen LogP contribution in [-0.4, -0.2) is 36.4 Å². The van der Waals surface area contributed by atoms with E-state index in [1.165, 1.54) is 0 Å². The monoisotopic (exact) mass is 220 g/mol. The van der Waals surface area contributed by atoms with E-state index >= 15 is 0 Å². The summed E-state index contributed by atoms with van der Waals surface area (Å²) < 4.78 is 21.3. The smallest absolute Gasteiger partial charge is 0.377 e. The fraction of sp³-hybridized carbons (Fsp3) is 0.778. The molecule has 0 amide bonds. The Kier molecular flexibility index (Phi) is 7.03. The number of hydrogen-bond donors (Lipinski definition) is 0. The minimum atomic E-state index is -2.54. The minimum Gasteiger partial charge on any atom is -0.377 e. The van der Waals surface area contributed by atoms with Crippen LogP contribution in [0, 0.1) is 0 Å². The molecule has 0 spiro atoms. The SMILES string of the molecule is C=CC(OC)O[Si](CCC)(OC)OC. The van der Waals surface area contributed by atoms with Gasteiger partial charge in [0, 0.05) is 27.4 Å². The molecule has 0 aliphatic carbocycles. The first-order valence-corrected chi connectivity index (χ1v) is 6.54. The van der Waals surface area contributed by atoms with Crippen molar-refractivity contribution in [2.45, 2.75) is 25.7 Å². The van der Waals surface area contributed by atoms with Gasteiger partial charge < -0.3 is 18.0 Å². The van der Waals surface area contributed by atoms with Crippen LogP contribution in [0.3, 0.4) is 0 Å². The summed E-state index contributed by atoms with van der Waals surface area (Å²) in [4.78, 5) is 0. The standard InChI is InChI=1S/C9H20O4Si/c1-6-8-14(11-4,12-5)13-9(7-2)10-3/h7,9H,2,6,8H2,1,3-5H3. The molecule has 0 saturated heterocycles. The van der Waals surface area contributed by atoms with Gasteiger partial charge in [0.2, 0.25) is 0 Å². The second-order valence-electron chi connectivity index (χ2n) is 2.80. The van der Waals surface area contributed by atoms with Crippen molar-refractivity contribution in [2.24, 2.45) is 0 Å². The predicted octanol–water partition coefficient (Wildman–Crippen LogP) is 1.80. The van der Waals surface area contributed by atoms with Crippen LogP contribution < -0.4 is 0 Å². The maximum Gasteiger partial charge on any atom is 0.502 e. The van der Waals surface area contributed by atoms with Gasteiger partial charge in [0.25, 0.3) is 0 Å². The molecule has 5 heteroatoms. The van der Waals surface area contributed by atoms with Crippen LogP contribution in [0.1, 0.15) is 13.3 Å². The summed E-state index contributed by atoms with van der Waals surface area (Å²) in [5, 5.41) is 0. The Labute approximate surface area is 87.2 Å². The van der Waals surface area contributed by atoms with E-state index in [0.29, 0.717) is 0 Å². The molecule has 0 rings (SSSR count).